The Morgan fingerprint density at radius 1 is 1.53 bits per heavy atom. The summed E-state index contributed by atoms with van der Waals surface area (Å²) in [5.74, 6) is -0.743. The topological polar surface area (TPSA) is 29.1 Å². The second kappa shape index (κ2) is 6.36. The summed E-state index contributed by atoms with van der Waals surface area (Å²) in [4.78, 5) is 11.9. The Morgan fingerprint density at radius 2 is 2.18 bits per heavy atom. The summed E-state index contributed by atoms with van der Waals surface area (Å²) in [7, 11) is 0. The van der Waals surface area contributed by atoms with E-state index < -0.39 is 11.7 Å². The van der Waals surface area contributed by atoms with Crippen LogP contribution in [0.5, 0.6) is 0 Å². The lowest BCUT2D eigenvalue weighted by molar-refractivity contribution is 0.0927. The minimum absolute atomic E-state index is 0.0240. The number of hydrogen-bond acceptors (Lipinski definition) is 1. The highest BCUT2D eigenvalue weighted by atomic mass is 79.9. The minimum Gasteiger partial charge on any atom is -0.348 e. The van der Waals surface area contributed by atoms with Gasteiger partial charge in [0.2, 0.25) is 0 Å². The van der Waals surface area contributed by atoms with Crippen LogP contribution in [0.15, 0.2) is 18.2 Å². The maximum atomic E-state index is 13.4. The van der Waals surface area contributed by atoms with Gasteiger partial charge in [0.1, 0.15) is 5.82 Å². The Balaban J connectivity index is 2.86. The number of amides is 1. The molecule has 0 saturated heterocycles. The summed E-state index contributed by atoms with van der Waals surface area (Å²) in [6.45, 7) is 3.97. The quantitative estimate of drug-likeness (QED) is 0.843. The molecule has 17 heavy (non-hydrogen) atoms. The Labute approximate surface area is 114 Å². The summed E-state index contributed by atoms with van der Waals surface area (Å²) >= 11 is 9.05. The Morgan fingerprint density at radius 3 is 2.71 bits per heavy atom. The van der Waals surface area contributed by atoms with E-state index in [0.717, 1.165) is 0 Å². The van der Waals surface area contributed by atoms with Crippen molar-refractivity contribution in [2.75, 3.05) is 5.33 Å². The number of hydrogen-bond donors (Lipinski definition) is 1. The Hall–Kier alpha value is -0.610. The number of alkyl halides is 1. The smallest absolute Gasteiger partial charge is 0.254 e. The summed E-state index contributed by atoms with van der Waals surface area (Å²) < 4.78 is 13.4. The van der Waals surface area contributed by atoms with E-state index in [4.69, 9.17) is 11.6 Å². The molecule has 1 amide bonds. The van der Waals surface area contributed by atoms with Crippen molar-refractivity contribution in [3.8, 4) is 0 Å². The zero-order valence-electron chi connectivity index (χ0n) is 9.64. The lowest BCUT2D eigenvalue weighted by atomic mass is 10.1. The molecule has 0 aliphatic carbocycles. The van der Waals surface area contributed by atoms with E-state index in [9.17, 15) is 9.18 Å². The molecule has 1 atom stereocenters. The molecule has 2 nitrogen and oxygen atoms in total. The van der Waals surface area contributed by atoms with Crippen molar-refractivity contribution in [1.29, 1.82) is 0 Å². The molecular weight excluding hydrogens is 308 g/mol. The largest absolute Gasteiger partial charge is 0.348 e. The highest BCUT2D eigenvalue weighted by molar-refractivity contribution is 9.09. The van der Waals surface area contributed by atoms with Crippen LogP contribution in [0.3, 0.4) is 0 Å². The van der Waals surface area contributed by atoms with Gasteiger partial charge in [0.25, 0.3) is 5.91 Å². The normalized spacial score (nSPS) is 12.6. The molecule has 1 unspecified atom stereocenters. The molecule has 0 bridgehead atoms. The van der Waals surface area contributed by atoms with Gasteiger partial charge in [0.05, 0.1) is 5.56 Å². The number of halogens is 3. The predicted molar refractivity (Wildman–Crippen MR) is 71.3 cm³/mol. The van der Waals surface area contributed by atoms with Gasteiger partial charge in [-0.1, -0.05) is 41.4 Å². The fourth-order valence-electron chi connectivity index (χ4n) is 1.30. The molecule has 0 heterocycles. The van der Waals surface area contributed by atoms with Crippen molar-refractivity contribution in [1.82, 2.24) is 5.32 Å². The second-order valence-corrected chi connectivity index (χ2v) is 5.19. The molecule has 0 radical (unpaired) electrons. The van der Waals surface area contributed by atoms with Gasteiger partial charge in [0.15, 0.2) is 0 Å². The fraction of sp³-hybridized carbons (Fsp3) is 0.417. The van der Waals surface area contributed by atoms with Crippen molar-refractivity contribution in [3.05, 3.63) is 34.6 Å². The molecule has 1 rings (SSSR count). The fourth-order valence-corrected chi connectivity index (χ4v) is 2.38. The summed E-state index contributed by atoms with van der Waals surface area (Å²) in [6, 6.07) is 3.90. The molecule has 1 aromatic rings. The monoisotopic (exact) mass is 321 g/mol. The Bertz CT molecular complexity index is 411. The molecule has 5 heteroatoms. The Kier molecular flexibility index (Phi) is 5.40. The molecule has 0 aliphatic rings. The van der Waals surface area contributed by atoms with E-state index in [2.05, 4.69) is 21.2 Å². The number of carbonyl (C=O) groups excluding carboxylic acids is 1. The first-order valence-electron chi connectivity index (χ1n) is 5.27. The first kappa shape index (κ1) is 14.5. The SMILES string of the molecule is CC(C)C(CBr)NC(=O)c1cc(Cl)ccc1F. The predicted octanol–water partition coefficient (Wildman–Crippen LogP) is 3.63. The van der Waals surface area contributed by atoms with Crippen molar-refractivity contribution < 1.29 is 9.18 Å². The van der Waals surface area contributed by atoms with Gasteiger partial charge < -0.3 is 5.32 Å². The standard InChI is InChI=1S/C12H14BrClFNO/c1-7(2)11(6-13)16-12(17)9-5-8(14)3-4-10(9)15/h3-5,7,11H,6H2,1-2H3,(H,16,17). The van der Waals surface area contributed by atoms with Crippen LogP contribution < -0.4 is 5.32 Å². The summed E-state index contributed by atoms with van der Waals surface area (Å²) in [5.41, 5.74) is -0.0240. The van der Waals surface area contributed by atoms with Gasteiger partial charge in [-0.2, -0.15) is 0 Å². The molecule has 94 valence electrons. The molecule has 1 aromatic carbocycles. The zero-order chi connectivity index (χ0) is 13.0. The molecule has 0 aromatic heterocycles. The molecule has 0 aliphatic heterocycles. The van der Waals surface area contributed by atoms with E-state index in [0.29, 0.717) is 10.4 Å². The first-order chi connectivity index (χ1) is 7.95. The zero-order valence-corrected chi connectivity index (χ0v) is 12.0. The highest BCUT2D eigenvalue weighted by Crippen LogP contribution is 2.15. The molecular formula is C12H14BrClFNO. The van der Waals surface area contributed by atoms with E-state index >= 15 is 0 Å². The summed E-state index contributed by atoms with van der Waals surface area (Å²) in [6.07, 6.45) is 0. The molecule has 0 saturated carbocycles. The van der Waals surface area contributed by atoms with Crippen molar-refractivity contribution in [3.63, 3.8) is 0 Å². The first-order valence-corrected chi connectivity index (χ1v) is 6.77. The second-order valence-electron chi connectivity index (χ2n) is 4.10. The third-order valence-electron chi connectivity index (χ3n) is 2.46. The van der Waals surface area contributed by atoms with Crippen molar-refractivity contribution in [2.24, 2.45) is 5.92 Å². The lowest BCUT2D eigenvalue weighted by Crippen LogP contribution is -2.40. The van der Waals surface area contributed by atoms with Crippen LogP contribution in [0.4, 0.5) is 4.39 Å². The average Bonchev–Trinajstić information content (AvgIpc) is 2.28. The van der Waals surface area contributed by atoms with Gasteiger partial charge in [-0.3, -0.25) is 4.79 Å². The van der Waals surface area contributed by atoms with Crippen LogP contribution >= 0.6 is 27.5 Å². The third kappa shape index (κ3) is 3.96. The van der Waals surface area contributed by atoms with Crippen LogP contribution in [0.2, 0.25) is 5.02 Å². The number of carbonyl (C=O) groups is 1. The van der Waals surface area contributed by atoms with Gasteiger partial charge >= 0.3 is 0 Å². The number of rotatable bonds is 4. The van der Waals surface area contributed by atoms with Gasteiger partial charge in [0, 0.05) is 16.4 Å². The third-order valence-corrected chi connectivity index (χ3v) is 3.39. The summed E-state index contributed by atoms with van der Waals surface area (Å²) in [5, 5.41) is 3.73. The number of nitrogens with one attached hydrogen (secondary N) is 1. The molecule has 1 N–H and O–H groups in total. The number of benzene rings is 1. The van der Waals surface area contributed by atoms with E-state index in [1.165, 1.54) is 18.2 Å². The van der Waals surface area contributed by atoms with Crippen LogP contribution in [0.25, 0.3) is 0 Å². The molecule has 0 fully saturated rings. The molecule has 0 spiro atoms. The van der Waals surface area contributed by atoms with Gasteiger partial charge in [-0.15, -0.1) is 0 Å². The lowest BCUT2D eigenvalue weighted by Gasteiger charge is -2.20. The van der Waals surface area contributed by atoms with Crippen LogP contribution in [-0.2, 0) is 0 Å². The van der Waals surface area contributed by atoms with Crippen molar-refractivity contribution in [2.45, 2.75) is 19.9 Å². The van der Waals surface area contributed by atoms with Crippen molar-refractivity contribution >= 4 is 33.4 Å². The van der Waals surface area contributed by atoms with Crippen LogP contribution in [0, 0.1) is 11.7 Å². The van der Waals surface area contributed by atoms with Crippen LogP contribution in [0.1, 0.15) is 24.2 Å². The highest BCUT2D eigenvalue weighted by Gasteiger charge is 2.18. The minimum atomic E-state index is -0.566. The maximum Gasteiger partial charge on any atom is 0.254 e. The van der Waals surface area contributed by atoms with Gasteiger partial charge in [-0.05, 0) is 24.1 Å². The van der Waals surface area contributed by atoms with E-state index in [1.54, 1.807) is 0 Å². The van der Waals surface area contributed by atoms with Gasteiger partial charge in [-0.25, -0.2) is 4.39 Å². The van der Waals surface area contributed by atoms with E-state index in [-0.39, 0.29) is 17.5 Å². The maximum absolute atomic E-state index is 13.4. The van der Waals surface area contributed by atoms with E-state index in [1.807, 2.05) is 13.8 Å². The average molecular weight is 323 g/mol. The van der Waals surface area contributed by atoms with Crippen LogP contribution in [-0.4, -0.2) is 17.3 Å².